The van der Waals surface area contributed by atoms with Crippen molar-refractivity contribution in [3.05, 3.63) is 52.1 Å². The van der Waals surface area contributed by atoms with Crippen molar-refractivity contribution in [3.8, 4) is 11.6 Å². The van der Waals surface area contributed by atoms with E-state index in [2.05, 4.69) is 20.9 Å². The molecule has 1 aromatic carbocycles. The molecule has 0 bridgehead atoms. The number of hydrogen-bond acceptors (Lipinski definition) is 4. The van der Waals surface area contributed by atoms with Gasteiger partial charge in [-0.2, -0.15) is 0 Å². The Labute approximate surface area is 126 Å². The van der Waals surface area contributed by atoms with E-state index in [0.29, 0.717) is 18.2 Å². The minimum atomic E-state index is -0.589. The van der Waals surface area contributed by atoms with Gasteiger partial charge in [0.05, 0.1) is 18.8 Å². The summed E-state index contributed by atoms with van der Waals surface area (Å²) in [5, 5.41) is 9.76. The van der Waals surface area contributed by atoms with Gasteiger partial charge in [-0.15, -0.1) is 0 Å². The van der Waals surface area contributed by atoms with Gasteiger partial charge in [-0.25, -0.2) is 4.98 Å². The molecule has 0 aliphatic carbocycles. The largest absolute Gasteiger partial charge is 0.488 e. The number of hydrogen-bond donors (Lipinski definition) is 1. The van der Waals surface area contributed by atoms with Crippen LogP contribution in [0.1, 0.15) is 24.2 Å². The average Bonchev–Trinajstić information content (AvgIpc) is 2.45. The second-order valence-electron chi connectivity index (χ2n) is 4.32. The number of aliphatic hydroxyl groups is 1. The third kappa shape index (κ3) is 3.49. The van der Waals surface area contributed by atoms with Crippen molar-refractivity contribution in [1.82, 2.24) is 4.98 Å². The lowest BCUT2D eigenvalue weighted by atomic mass is 10.1. The number of methoxy groups -OCH3 is 1. The molecule has 2 rings (SSSR count). The van der Waals surface area contributed by atoms with Crippen LogP contribution in [0.2, 0.25) is 0 Å². The molecular formula is C15H16BrNO3. The quantitative estimate of drug-likeness (QED) is 0.907. The maximum atomic E-state index is 9.76. The molecule has 0 fully saturated rings. The number of nitrogens with zero attached hydrogens (tertiary/aromatic N) is 1. The molecule has 2 aromatic rings. The van der Waals surface area contributed by atoms with E-state index >= 15 is 0 Å². The van der Waals surface area contributed by atoms with E-state index in [0.717, 1.165) is 15.6 Å². The smallest absolute Gasteiger partial charge is 0.219 e. The first-order valence-electron chi connectivity index (χ1n) is 6.20. The van der Waals surface area contributed by atoms with Gasteiger partial charge in [0.15, 0.2) is 0 Å². The molecule has 4 nitrogen and oxygen atoms in total. The number of pyridine rings is 1. The molecule has 106 valence electrons. The van der Waals surface area contributed by atoms with Gasteiger partial charge in [0.25, 0.3) is 0 Å². The number of aliphatic hydroxyl groups excluding tert-OH is 1. The Hall–Kier alpha value is -1.59. The summed E-state index contributed by atoms with van der Waals surface area (Å²) in [5.74, 6) is 1.18. The maximum absolute atomic E-state index is 9.76. The second-order valence-corrected chi connectivity index (χ2v) is 5.23. The predicted octanol–water partition coefficient (Wildman–Crippen LogP) is 3.49. The van der Waals surface area contributed by atoms with E-state index in [1.165, 1.54) is 0 Å². The zero-order valence-electron chi connectivity index (χ0n) is 11.3. The summed E-state index contributed by atoms with van der Waals surface area (Å²) in [4.78, 5) is 4.12. The molecule has 0 aliphatic heterocycles. The van der Waals surface area contributed by atoms with Crippen molar-refractivity contribution in [2.24, 2.45) is 0 Å². The minimum Gasteiger partial charge on any atom is -0.488 e. The van der Waals surface area contributed by atoms with Crippen LogP contribution in [-0.4, -0.2) is 17.2 Å². The summed E-state index contributed by atoms with van der Waals surface area (Å²) >= 11 is 3.40. The van der Waals surface area contributed by atoms with Crippen LogP contribution in [0, 0.1) is 0 Å². The summed E-state index contributed by atoms with van der Waals surface area (Å²) in [6, 6.07) is 9.28. The standard InChI is InChI=1S/C15H16BrNO3/c1-10(18)13-6-5-12(16)8-14(13)20-9-11-4-3-7-17-15(11)19-2/h3-8,10,18H,9H2,1-2H3. The Bertz CT molecular complexity index is 587. The molecule has 0 amide bonds. The molecule has 1 heterocycles. The van der Waals surface area contributed by atoms with Crippen molar-refractivity contribution in [2.75, 3.05) is 7.11 Å². The summed E-state index contributed by atoms with van der Waals surface area (Å²) in [5.41, 5.74) is 1.60. The van der Waals surface area contributed by atoms with Crippen molar-refractivity contribution in [2.45, 2.75) is 19.6 Å². The first-order chi connectivity index (χ1) is 9.61. The van der Waals surface area contributed by atoms with Crippen molar-refractivity contribution >= 4 is 15.9 Å². The van der Waals surface area contributed by atoms with Gasteiger partial charge in [0, 0.05) is 16.2 Å². The molecule has 1 aromatic heterocycles. The van der Waals surface area contributed by atoms with Gasteiger partial charge < -0.3 is 14.6 Å². The fourth-order valence-corrected chi connectivity index (χ4v) is 2.19. The molecule has 0 saturated carbocycles. The minimum absolute atomic E-state index is 0.327. The third-order valence-corrected chi connectivity index (χ3v) is 3.35. The number of ether oxygens (including phenoxy) is 2. The molecule has 0 saturated heterocycles. The van der Waals surface area contributed by atoms with E-state index in [1.54, 1.807) is 20.2 Å². The van der Waals surface area contributed by atoms with Gasteiger partial charge in [0.1, 0.15) is 12.4 Å². The first-order valence-corrected chi connectivity index (χ1v) is 6.99. The number of benzene rings is 1. The summed E-state index contributed by atoms with van der Waals surface area (Å²) in [6.45, 7) is 2.04. The number of halogens is 1. The summed E-state index contributed by atoms with van der Waals surface area (Å²) < 4.78 is 11.9. The van der Waals surface area contributed by atoms with E-state index in [4.69, 9.17) is 9.47 Å². The topological polar surface area (TPSA) is 51.6 Å². The van der Waals surface area contributed by atoms with Crippen LogP contribution in [0.25, 0.3) is 0 Å². The van der Waals surface area contributed by atoms with Gasteiger partial charge in [-0.05, 0) is 31.2 Å². The second kappa shape index (κ2) is 6.72. The van der Waals surface area contributed by atoms with Crippen LogP contribution in [-0.2, 0) is 6.61 Å². The van der Waals surface area contributed by atoms with E-state index in [9.17, 15) is 5.11 Å². The number of rotatable bonds is 5. The molecular weight excluding hydrogens is 322 g/mol. The lowest BCUT2D eigenvalue weighted by Gasteiger charge is -2.14. The third-order valence-electron chi connectivity index (χ3n) is 2.85. The van der Waals surface area contributed by atoms with Crippen LogP contribution in [0.3, 0.4) is 0 Å². The van der Waals surface area contributed by atoms with Crippen LogP contribution < -0.4 is 9.47 Å². The molecule has 1 unspecified atom stereocenters. The predicted molar refractivity (Wildman–Crippen MR) is 79.9 cm³/mol. The highest BCUT2D eigenvalue weighted by Gasteiger charge is 2.11. The summed E-state index contributed by atoms with van der Waals surface area (Å²) in [7, 11) is 1.58. The molecule has 1 N–H and O–H groups in total. The SMILES string of the molecule is COc1ncccc1COc1cc(Br)ccc1C(C)O. The van der Waals surface area contributed by atoms with Crippen LogP contribution in [0.15, 0.2) is 41.0 Å². The normalized spacial score (nSPS) is 12.0. The van der Waals surface area contributed by atoms with Crippen LogP contribution in [0.5, 0.6) is 11.6 Å². The lowest BCUT2D eigenvalue weighted by molar-refractivity contribution is 0.189. The van der Waals surface area contributed by atoms with Crippen molar-refractivity contribution < 1.29 is 14.6 Å². The Balaban J connectivity index is 2.20. The molecule has 20 heavy (non-hydrogen) atoms. The van der Waals surface area contributed by atoms with Gasteiger partial charge in [-0.3, -0.25) is 0 Å². The Morgan fingerprint density at radius 2 is 2.15 bits per heavy atom. The molecule has 5 heteroatoms. The van der Waals surface area contributed by atoms with E-state index in [-0.39, 0.29) is 0 Å². The van der Waals surface area contributed by atoms with Gasteiger partial charge >= 0.3 is 0 Å². The maximum Gasteiger partial charge on any atom is 0.219 e. The van der Waals surface area contributed by atoms with Crippen molar-refractivity contribution in [3.63, 3.8) is 0 Å². The highest BCUT2D eigenvalue weighted by Crippen LogP contribution is 2.29. The highest BCUT2D eigenvalue weighted by molar-refractivity contribution is 9.10. The Morgan fingerprint density at radius 3 is 2.85 bits per heavy atom. The van der Waals surface area contributed by atoms with E-state index in [1.807, 2.05) is 30.3 Å². The fourth-order valence-electron chi connectivity index (χ4n) is 1.85. The summed E-state index contributed by atoms with van der Waals surface area (Å²) in [6.07, 6.45) is 1.08. The van der Waals surface area contributed by atoms with Gasteiger partial charge in [0.2, 0.25) is 5.88 Å². The molecule has 0 spiro atoms. The Morgan fingerprint density at radius 1 is 1.35 bits per heavy atom. The highest BCUT2D eigenvalue weighted by atomic mass is 79.9. The molecule has 1 atom stereocenters. The average molecular weight is 338 g/mol. The molecule has 0 radical (unpaired) electrons. The monoisotopic (exact) mass is 337 g/mol. The van der Waals surface area contributed by atoms with Crippen molar-refractivity contribution in [1.29, 1.82) is 0 Å². The van der Waals surface area contributed by atoms with Crippen LogP contribution in [0.4, 0.5) is 0 Å². The van der Waals surface area contributed by atoms with E-state index < -0.39 is 6.10 Å². The first kappa shape index (κ1) is 14.8. The van der Waals surface area contributed by atoms with Crippen LogP contribution >= 0.6 is 15.9 Å². The zero-order valence-corrected chi connectivity index (χ0v) is 12.9. The lowest BCUT2D eigenvalue weighted by Crippen LogP contribution is -2.03. The number of aromatic nitrogens is 1. The Kier molecular flexibility index (Phi) is 4.98. The molecule has 0 aliphatic rings. The zero-order chi connectivity index (χ0) is 14.5. The fraction of sp³-hybridized carbons (Fsp3) is 0.267. The van der Waals surface area contributed by atoms with Gasteiger partial charge in [-0.1, -0.05) is 22.0 Å².